The summed E-state index contributed by atoms with van der Waals surface area (Å²) in [5, 5.41) is 21.4. The molecule has 1 rings (SSSR count). The second-order valence-corrected chi connectivity index (χ2v) is 3.33. The molecule has 2 N–H and O–H groups in total. The quantitative estimate of drug-likeness (QED) is 0.467. The zero-order chi connectivity index (χ0) is 13.0. The van der Waals surface area contributed by atoms with E-state index in [0.717, 1.165) is 0 Å². The first-order valence-corrected chi connectivity index (χ1v) is 4.67. The highest BCUT2D eigenvalue weighted by Gasteiger charge is 2.15. The molecule has 7 heteroatoms. The van der Waals surface area contributed by atoms with Gasteiger partial charge in [-0.1, -0.05) is 6.07 Å². The molecular weight excluding hydrogens is 228 g/mol. The number of aliphatic carboxylic acids is 1. The van der Waals surface area contributed by atoms with E-state index in [9.17, 15) is 19.7 Å². The number of amides is 1. The monoisotopic (exact) mass is 238 g/mol. The molecule has 0 radical (unpaired) electrons. The second kappa shape index (κ2) is 5.06. The lowest BCUT2D eigenvalue weighted by atomic mass is 10.1. The van der Waals surface area contributed by atoms with Crippen LogP contribution < -0.4 is 5.32 Å². The lowest BCUT2D eigenvalue weighted by Crippen LogP contribution is -2.16. The number of hydrogen-bond donors (Lipinski definition) is 2. The van der Waals surface area contributed by atoms with E-state index in [2.05, 4.69) is 5.32 Å². The zero-order valence-electron chi connectivity index (χ0n) is 8.97. The summed E-state index contributed by atoms with van der Waals surface area (Å²) >= 11 is 0. The maximum atomic E-state index is 11.2. The van der Waals surface area contributed by atoms with E-state index in [0.29, 0.717) is 0 Å². The molecule has 0 heterocycles. The first kappa shape index (κ1) is 12.6. The summed E-state index contributed by atoms with van der Waals surface area (Å²) in [5.74, 6) is -1.98. The third kappa shape index (κ3) is 3.26. The fraction of sp³-hybridized carbons (Fsp3) is 0.200. The molecule has 1 amide bonds. The van der Waals surface area contributed by atoms with Gasteiger partial charge in [-0.25, -0.2) is 0 Å². The van der Waals surface area contributed by atoms with E-state index in [1.54, 1.807) is 0 Å². The van der Waals surface area contributed by atoms with Gasteiger partial charge in [-0.2, -0.15) is 0 Å². The van der Waals surface area contributed by atoms with Gasteiger partial charge in [0.05, 0.1) is 16.2 Å². The molecule has 0 saturated heterocycles. The molecule has 0 aliphatic carbocycles. The fourth-order valence-corrected chi connectivity index (χ4v) is 1.29. The van der Waals surface area contributed by atoms with Crippen molar-refractivity contribution in [3.05, 3.63) is 33.9 Å². The molecule has 1 aromatic carbocycles. The van der Waals surface area contributed by atoms with Gasteiger partial charge in [-0.3, -0.25) is 19.7 Å². The van der Waals surface area contributed by atoms with Crippen molar-refractivity contribution in [2.24, 2.45) is 0 Å². The Balaban J connectivity index is 2.92. The van der Waals surface area contributed by atoms with Gasteiger partial charge in [-0.05, 0) is 13.0 Å². The molecule has 0 spiro atoms. The van der Waals surface area contributed by atoms with Gasteiger partial charge in [0.25, 0.3) is 5.69 Å². The topological polar surface area (TPSA) is 110 Å². The minimum atomic E-state index is -1.26. The lowest BCUT2D eigenvalue weighted by molar-refractivity contribution is -0.385. The summed E-state index contributed by atoms with van der Waals surface area (Å²) < 4.78 is 0. The number of nitrogens with one attached hydrogen (secondary N) is 1. The van der Waals surface area contributed by atoms with Crippen molar-refractivity contribution < 1.29 is 19.6 Å². The Bertz CT molecular complexity index is 484. The number of benzene rings is 1. The van der Waals surface area contributed by atoms with Crippen LogP contribution in [0.4, 0.5) is 11.4 Å². The van der Waals surface area contributed by atoms with Crippen LogP contribution in [0.1, 0.15) is 12.0 Å². The minimum Gasteiger partial charge on any atom is -0.481 e. The maximum Gasteiger partial charge on any atom is 0.312 e. The van der Waals surface area contributed by atoms with E-state index in [1.165, 1.54) is 25.1 Å². The highest BCUT2D eigenvalue weighted by molar-refractivity contribution is 6.01. The summed E-state index contributed by atoms with van der Waals surface area (Å²) in [6.07, 6.45) is -0.678. The van der Waals surface area contributed by atoms with Crippen LogP contribution in [0.5, 0.6) is 0 Å². The van der Waals surface area contributed by atoms with E-state index in [4.69, 9.17) is 5.11 Å². The van der Waals surface area contributed by atoms with Crippen molar-refractivity contribution in [2.45, 2.75) is 13.3 Å². The summed E-state index contributed by atoms with van der Waals surface area (Å²) in [4.78, 5) is 31.6. The summed E-state index contributed by atoms with van der Waals surface area (Å²) in [6, 6.07) is 4.20. The highest BCUT2D eigenvalue weighted by atomic mass is 16.6. The van der Waals surface area contributed by atoms with Crippen molar-refractivity contribution in [1.82, 2.24) is 0 Å². The molecule has 90 valence electrons. The highest BCUT2D eigenvalue weighted by Crippen LogP contribution is 2.24. The smallest absolute Gasteiger partial charge is 0.312 e. The van der Waals surface area contributed by atoms with E-state index in [-0.39, 0.29) is 16.9 Å². The Kier molecular flexibility index (Phi) is 3.76. The lowest BCUT2D eigenvalue weighted by Gasteiger charge is -2.07. The molecular formula is C10H10N2O5. The Hall–Kier alpha value is -2.44. The van der Waals surface area contributed by atoms with Gasteiger partial charge in [0, 0.05) is 6.07 Å². The number of carboxylic acid groups (broad SMARTS) is 1. The normalized spacial score (nSPS) is 9.71. The standard InChI is InChI=1S/C10H10N2O5/c1-6-7(11-9(13)5-10(14)15)3-2-4-8(6)12(16)17/h2-4H,5H2,1H3,(H,11,13)(H,14,15). The molecule has 0 saturated carbocycles. The van der Waals surface area contributed by atoms with Gasteiger partial charge >= 0.3 is 5.97 Å². The largest absolute Gasteiger partial charge is 0.481 e. The van der Waals surface area contributed by atoms with Gasteiger partial charge in [-0.15, -0.1) is 0 Å². The van der Waals surface area contributed by atoms with Crippen molar-refractivity contribution in [3.63, 3.8) is 0 Å². The molecule has 7 nitrogen and oxygen atoms in total. The molecule has 1 aromatic rings. The third-order valence-corrected chi connectivity index (χ3v) is 2.09. The predicted octanol–water partition coefficient (Wildman–Crippen LogP) is 1.32. The van der Waals surface area contributed by atoms with Crippen molar-refractivity contribution in [2.75, 3.05) is 5.32 Å². The molecule has 0 fully saturated rings. The molecule has 0 aliphatic rings. The minimum absolute atomic E-state index is 0.127. The van der Waals surface area contributed by atoms with Crippen molar-refractivity contribution in [3.8, 4) is 0 Å². The molecule has 0 aliphatic heterocycles. The van der Waals surface area contributed by atoms with E-state index >= 15 is 0 Å². The Morgan fingerprint density at radius 1 is 1.47 bits per heavy atom. The first-order chi connectivity index (χ1) is 7.91. The SMILES string of the molecule is Cc1c(NC(=O)CC(=O)O)cccc1[N+](=O)[O-]. The van der Waals surface area contributed by atoms with Crippen LogP contribution in [0.15, 0.2) is 18.2 Å². The fourth-order valence-electron chi connectivity index (χ4n) is 1.29. The Morgan fingerprint density at radius 3 is 2.65 bits per heavy atom. The van der Waals surface area contributed by atoms with Crippen LogP contribution in [0.3, 0.4) is 0 Å². The van der Waals surface area contributed by atoms with E-state index in [1.807, 2.05) is 0 Å². The number of nitro benzene ring substituents is 1. The predicted molar refractivity (Wildman–Crippen MR) is 58.7 cm³/mol. The summed E-state index contributed by atoms with van der Waals surface area (Å²) in [6.45, 7) is 1.48. The number of nitrogens with zero attached hydrogens (tertiary/aromatic N) is 1. The Labute approximate surface area is 96.2 Å². The van der Waals surface area contributed by atoms with Gasteiger partial charge in [0.2, 0.25) is 5.91 Å². The van der Waals surface area contributed by atoms with Crippen LogP contribution in [0.2, 0.25) is 0 Å². The zero-order valence-corrected chi connectivity index (χ0v) is 8.97. The second-order valence-electron chi connectivity index (χ2n) is 3.33. The third-order valence-electron chi connectivity index (χ3n) is 2.09. The molecule has 0 unspecified atom stereocenters. The summed E-state index contributed by atoms with van der Waals surface area (Å²) in [7, 11) is 0. The van der Waals surface area contributed by atoms with Crippen molar-refractivity contribution >= 4 is 23.3 Å². The van der Waals surface area contributed by atoms with Crippen LogP contribution in [-0.4, -0.2) is 21.9 Å². The van der Waals surface area contributed by atoms with E-state index < -0.39 is 23.2 Å². The van der Waals surface area contributed by atoms with Crippen LogP contribution in [-0.2, 0) is 9.59 Å². The molecule has 17 heavy (non-hydrogen) atoms. The number of hydrogen-bond acceptors (Lipinski definition) is 4. The van der Waals surface area contributed by atoms with Crippen LogP contribution >= 0.6 is 0 Å². The first-order valence-electron chi connectivity index (χ1n) is 4.67. The molecule has 0 atom stereocenters. The average molecular weight is 238 g/mol. The van der Waals surface area contributed by atoms with Gasteiger partial charge < -0.3 is 10.4 Å². The number of carbonyl (C=O) groups is 2. The molecule has 0 bridgehead atoms. The Morgan fingerprint density at radius 2 is 2.12 bits per heavy atom. The number of nitro groups is 1. The van der Waals surface area contributed by atoms with Gasteiger partial charge in [0.15, 0.2) is 0 Å². The number of anilines is 1. The van der Waals surface area contributed by atoms with Crippen LogP contribution in [0, 0.1) is 17.0 Å². The number of carbonyl (C=O) groups excluding carboxylic acids is 1. The number of carboxylic acids is 1. The average Bonchev–Trinajstić information content (AvgIpc) is 2.19. The number of rotatable bonds is 4. The van der Waals surface area contributed by atoms with Gasteiger partial charge in [0.1, 0.15) is 6.42 Å². The van der Waals surface area contributed by atoms with Crippen LogP contribution in [0.25, 0.3) is 0 Å². The maximum absolute atomic E-state index is 11.2. The van der Waals surface area contributed by atoms with Crippen molar-refractivity contribution in [1.29, 1.82) is 0 Å². The summed E-state index contributed by atoms with van der Waals surface area (Å²) in [5.41, 5.74) is 0.403. The molecule has 0 aromatic heterocycles.